The molecule has 0 bridgehead atoms. The van der Waals surface area contributed by atoms with E-state index in [2.05, 4.69) is 5.32 Å². The maximum atomic E-state index is 13.7. The van der Waals surface area contributed by atoms with E-state index < -0.39 is 11.0 Å². The lowest BCUT2D eigenvalue weighted by Crippen LogP contribution is -2.51. The maximum absolute atomic E-state index is 13.7. The second-order valence-corrected chi connectivity index (χ2v) is 11.3. The largest absolute Gasteiger partial charge is 0.354 e. The van der Waals surface area contributed by atoms with Crippen LogP contribution in [0.2, 0.25) is 10.0 Å². The molecular formula is C29H31Cl2N3O4S. The average molecular weight is 589 g/mol. The van der Waals surface area contributed by atoms with Gasteiger partial charge in [-0.05, 0) is 34.7 Å². The van der Waals surface area contributed by atoms with E-state index in [0.717, 1.165) is 16.7 Å². The molecular weight excluding hydrogens is 557 g/mol. The van der Waals surface area contributed by atoms with Gasteiger partial charge in [-0.3, -0.25) is 19.7 Å². The standard InChI is InChI=1S/C29H31Cl2N3O4S/c1-20(2)16-32-29(36)27(15-21-6-4-3-5-7-21)33(17-23-10-13-25(30)26(31)14-23)28(35)19-39-18-22-8-11-24(12-9-22)34(37)38/h3-14,20,27H,15-19H2,1-2H3,(H,32,36)/t27-/m1/s1. The highest BCUT2D eigenvalue weighted by molar-refractivity contribution is 7.99. The van der Waals surface area contributed by atoms with Gasteiger partial charge in [0.1, 0.15) is 6.04 Å². The van der Waals surface area contributed by atoms with Crippen molar-refractivity contribution in [3.63, 3.8) is 0 Å². The van der Waals surface area contributed by atoms with Gasteiger partial charge < -0.3 is 10.2 Å². The van der Waals surface area contributed by atoms with Crippen LogP contribution >= 0.6 is 35.0 Å². The molecule has 0 saturated heterocycles. The van der Waals surface area contributed by atoms with Crippen molar-refractivity contribution in [3.05, 3.63) is 110 Å². The van der Waals surface area contributed by atoms with Crippen molar-refractivity contribution < 1.29 is 14.5 Å². The van der Waals surface area contributed by atoms with Gasteiger partial charge in [0.2, 0.25) is 11.8 Å². The van der Waals surface area contributed by atoms with E-state index in [0.29, 0.717) is 28.8 Å². The molecule has 10 heteroatoms. The molecule has 0 aromatic heterocycles. The number of nitrogens with zero attached hydrogens (tertiary/aromatic N) is 2. The van der Waals surface area contributed by atoms with E-state index in [9.17, 15) is 19.7 Å². The number of thioether (sulfide) groups is 1. The number of hydrogen-bond donors (Lipinski definition) is 1. The molecule has 3 aromatic carbocycles. The van der Waals surface area contributed by atoms with E-state index >= 15 is 0 Å². The zero-order valence-corrected chi connectivity index (χ0v) is 24.1. The Labute approximate surface area is 243 Å². The minimum atomic E-state index is -0.743. The summed E-state index contributed by atoms with van der Waals surface area (Å²) in [7, 11) is 0. The van der Waals surface area contributed by atoms with Crippen LogP contribution in [-0.4, -0.2) is 40.0 Å². The monoisotopic (exact) mass is 587 g/mol. The molecule has 0 saturated carbocycles. The minimum Gasteiger partial charge on any atom is -0.354 e. The van der Waals surface area contributed by atoms with E-state index in [-0.39, 0.29) is 35.7 Å². The van der Waals surface area contributed by atoms with Crippen LogP contribution in [0.5, 0.6) is 0 Å². The number of amides is 2. The lowest BCUT2D eigenvalue weighted by molar-refractivity contribution is -0.384. The quantitative estimate of drug-likeness (QED) is 0.181. The third kappa shape index (κ3) is 9.56. The van der Waals surface area contributed by atoms with Gasteiger partial charge >= 0.3 is 0 Å². The summed E-state index contributed by atoms with van der Waals surface area (Å²) in [5.74, 6) is 0.451. The number of rotatable bonds is 13. The highest BCUT2D eigenvalue weighted by Gasteiger charge is 2.30. The first-order valence-electron chi connectivity index (χ1n) is 12.5. The fourth-order valence-corrected chi connectivity index (χ4v) is 5.06. The number of non-ortho nitro benzene ring substituents is 1. The number of hydrogen-bond acceptors (Lipinski definition) is 5. The Kier molecular flexibility index (Phi) is 11.7. The molecule has 39 heavy (non-hydrogen) atoms. The van der Waals surface area contributed by atoms with Gasteiger partial charge in [0, 0.05) is 37.4 Å². The molecule has 0 heterocycles. The molecule has 0 radical (unpaired) electrons. The third-order valence-corrected chi connectivity index (χ3v) is 7.66. The fraction of sp³-hybridized carbons (Fsp3) is 0.310. The highest BCUT2D eigenvalue weighted by Crippen LogP contribution is 2.25. The van der Waals surface area contributed by atoms with Crippen molar-refractivity contribution in [3.8, 4) is 0 Å². The predicted molar refractivity (Wildman–Crippen MR) is 158 cm³/mol. The summed E-state index contributed by atoms with van der Waals surface area (Å²) in [6, 6.07) is 20.3. The summed E-state index contributed by atoms with van der Waals surface area (Å²) < 4.78 is 0. The summed E-state index contributed by atoms with van der Waals surface area (Å²) >= 11 is 13.7. The molecule has 0 aliphatic heterocycles. The Hall–Kier alpha value is -3.07. The topological polar surface area (TPSA) is 92.6 Å². The number of nitro benzene ring substituents is 1. The first kappa shape index (κ1) is 30.5. The predicted octanol–water partition coefficient (Wildman–Crippen LogP) is 6.55. The number of carbonyl (C=O) groups is 2. The Morgan fingerprint density at radius 2 is 1.62 bits per heavy atom. The van der Waals surface area contributed by atoms with Gasteiger partial charge in [0.05, 0.1) is 20.7 Å². The third-order valence-electron chi connectivity index (χ3n) is 5.93. The van der Waals surface area contributed by atoms with E-state index in [4.69, 9.17) is 23.2 Å². The molecule has 0 aliphatic rings. The van der Waals surface area contributed by atoms with Crippen LogP contribution in [0.3, 0.4) is 0 Å². The minimum absolute atomic E-state index is 0.0174. The van der Waals surface area contributed by atoms with E-state index in [1.54, 1.807) is 35.2 Å². The Morgan fingerprint density at radius 1 is 0.949 bits per heavy atom. The molecule has 0 aliphatic carbocycles. The molecule has 1 N–H and O–H groups in total. The molecule has 2 amide bonds. The normalized spacial score (nSPS) is 11.7. The maximum Gasteiger partial charge on any atom is 0.269 e. The zero-order chi connectivity index (χ0) is 28.4. The summed E-state index contributed by atoms with van der Waals surface area (Å²) in [5, 5.41) is 14.7. The summed E-state index contributed by atoms with van der Waals surface area (Å²) in [4.78, 5) is 39.2. The van der Waals surface area contributed by atoms with Crippen molar-refractivity contribution in [1.82, 2.24) is 10.2 Å². The molecule has 0 fully saturated rings. The van der Waals surface area contributed by atoms with Crippen LogP contribution < -0.4 is 5.32 Å². The summed E-state index contributed by atoms with van der Waals surface area (Å²) in [6.07, 6.45) is 0.352. The first-order valence-corrected chi connectivity index (χ1v) is 14.4. The average Bonchev–Trinajstić information content (AvgIpc) is 2.92. The van der Waals surface area contributed by atoms with Gasteiger partial charge in [0.25, 0.3) is 5.69 Å². The zero-order valence-electron chi connectivity index (χ0n) is 21.8. The van der Waals surface area contributed by atoms with Gasteiger partial charge in [0.15, 0.2) is 0 Å². The number of benzene rings is 3. The highest BCUT2D eigenvalue weighted by atomic mass is 35.5. The van der Waals surface area contributed by atoms with Crippen molar-refractivity contribution in [2.24, 2.45) is 5.92 Å². The van der Waals surface area contributed by atoms with Gasteiger partial charge in [-0.25, -0.2) is 0 Å². The lowest BCUT2D eigenvalue weighted by Gasteiger charge is -2.32. The molecule has 7 nitrogen and oxygen atoms in total. The second-order valence-electron chi connectivity index (χ2n) is 9.53. The summed E-state index contributed by atoms with van der Waals surface area (Å²) in [6.45, 7) is 4.70. The van der Waals surface area contributed by atoms with Crippen LogP contribution in [0.1, 0.15) is 30.5 Å². The van der Waals surface area contributed by atoms with E-state index in [1.807, 2.05) is 44.2 Å². The van der Waals surface area contributed by atoms with Crippen LogP contribution in [-0.2, 0) is 28.3 Å². The number of carbonyl (C=O) groups excluding carboxylic acids is 2. The number of halogens is 2. The van der Waals surface area contributed by atoms with Crippen molar-refractivity contribution in [1.29, 1.82) is 0 Å². The van der Waals surface area contributed by atoms with Crippen LogP contribution in [0, 0.1) is 16.0 Å². The molecule has 3 aromatic rings. The van der Waals surface area contributed by atoms with Gasteiger partial charge in [-0.15, -0.1) is 11.8 Å². The second kappa shape index (κ2) is 14.9. The van der Waals surface area contributed by atoms with Crippen molar-refractivity contribution in [2.75, 3.05) is 12.3 Å². The van der Waals surface area contributed by atoms with Crippen LogP contribution in [0.15, 0.2) is 72.8 Å². The van der Waals surface area contributed by atoms with E-state index in [1.165, 1.54) is 23.9 Å². The summed E-state index contributed by atoms with van der Waals surface area (Å²) in [5.41, 5.74) is 2.58. The van der Waals surface area contributed by atoms with Crippen molar-refractivity contribution >= 4 is 52.5 Å². The lowest BCUT2D eigenvalue weighted by atomic mass is 10.0. The number of nitro groups is 1. The molecule has 1 atom stereocenters. The Morgan fingerprint density at radius 3 is 2.23 bits per heavy atom. The van der Waals surface area contributed by atoms with Crippen LogP contribution in [0.25, 0.3) is 0 Å². The van der Waals surface area contributed by atoms with Gasteiger partial charge in [-0.2, -0.15) is 0 Å². The first-order chi connectivity index (χ1) is 18.6. The fourth-order valence-electron chi connectivity index (χ4n) is 3.86. The van der Waals surface area contributed by atoms with Gasteiger partial charge in [-0.1, -0.05) is 85.6 Å². The molecule has 0 spiro atoms. The number of nitrogens with one attached hydrogen (secondary N) is 1. The Bertz CT molecular complexity index is 1270. The molecule has 0 unspecified atom stereocenters. The molecule has 206 valence electrons. The molecule has 3 rings (SSSR count). The SMILES string of the molecule is CC(C)CNC(=O)[C@@H](Cc1ccccc1)N(Cc1ccc(Cl)c(Cl)c1)C(=O)CSCc1ccc([N+](=O)[O-])cc1. The van der Waals surface area contributed by atoms with Crippen molar-refractivity contribution in [2.45, 2.75) is 38.6 Å². The smallest absolute Gasteiger partial charge is 0.269 e. The van der Waals surface area contributed by atoms with Crippen LogP contribution in [0.4, 0.5) is 5.69 Å². The Balaban J connectivity index is 1.84.